The third kappa shape index (κ3) is 8.90. The highest BCUT2D eigenvalue weighted by Gasteiger charge is 2.24. The van der Waals surface area contributed by atoms with E-state index in [1.807, 2.05) is 55.5 Å². The Labute approximate surface area is 183 Å². The molecule has 0 aliphatic heterocycles. The van der Waals surface area contributed by atoms with Crippen molar-refractivity contribution in [3.63, 3.8) is 0 Å². The predicted molar refractivity (Wildman–Crippen MR) is 117 cm³/mol. The molecule has 0 aliphatic carbocycles. The number of hydrogen-bond donors (Lipinski definition) is 2. The molecule has 0 aromatic heterocycles. The molecule has 2 amide bonds. The first kappa shape index (κ1) is 23.9. The molecule has 7 heteroatoms. The standard InChI is InChI=1S/C24H30N2O5/c1-2-3-10-15-26(24(30)31-18-20-13-8-5-9-14-20)17-22(27)25-21(23(28)29)16-19-11-6-4-7-12-19/h4-9,11-14,21H,2-3,10,15-18H2,1H3,(H,25,27)(H,28,29). The summed E-state index contributed by atoms with van der Waals surface area (Å²) in [4.78, 5) is 38.0. The minimum atomic E-state index is -1.12. The van der Waals surface area contributed by atoms with Gasteiger partial charge in [0.05, 0.1) is 0 Å². The molecule has 2 aromatic carbocycles. The number of carboxylic acids is 1. The maximum Gasteiger partial charge on any atom is 0.410 e. The molecule has 0 radical (unpaired) electrons. The van der Waals surface area contributed by atoms with Crippen LogP contribution in [0.3, 0.4) is 0 Å². The Morgan fingerprint density at radius 1 is 0.968 bits per heavy atom. The normalized spacial score (nSPS) is 11.4. The zero-order valence-electron chi connectivity index (χ0n) is 17.8. The van der Waals surface area contributed by atoms with Crippen molar-refractivity contribution in [1.29, 1.82) is 0 Å². The zero-order chi connectivity index (χ0) is 22.5. The minimum Gasteiger partial charge on any atom is -0.480 e. The molecule has 0 saturated heterocycles. The average Bonchev–Trinajstić information content (AvgIpc) is 2.78. The number of carbonyl (C=O) groups excluding carboxylic acids is 2. The number of aliphatic carboxylic acids is 1. The first-order valence-corrected chi connectivity index (χ1v) is 10.5. The number of nitrogens with zero attached hydrogens (tertiary/aromatic N) is 1. The van der Waals surface area contributed by atoms with E-state index in [1.54, 1.807) is 12.1 Å². The molecule has 0 saturated carbocycles. The number of amides is 2. The van der Waals surface area contributed by atoms with Gasteiger partial charge in [0.1, 0.15) is 19.2 Å². The van der Waals surface area contributed by atoms with Crippen LogP contribution in [0.15, 0.2) is 60.7 Å². The summed E-state index contributed by atoms with van der Waals surface area (Å²) in [7, 11) is 0. The molecule has 0 heterocycles. The van der Waals surface area contributed by atoms with E-state index in [2.05, 4.69) is 5.32 Å². The van der Waals surface area contributed by atoms with Gasteiger partial charge in [-0.05, 0) is 17.5 Å². The molecule has 1 unspecified atom stereocenters. The summed E-state index contributed by atoms with van der Waals surface area (Å²) < 4.78 is 5.36. The fourth-order valence-corrected chi connectivity index (χ4v) is 3.06. The second-order valence-corrected chi connectivity index (χ2v) is 7.32. The molecule has 0 bridgehead atoms. The van der Waals surface area contributed by atoms with E-state index in [4.69, 9.17) is 4.74 Å². The fourth-order valence-electron chi connectivity index (χ4n) is 3.06. The molecule has 31 heavy (non-hydrogen) atoms. The van der Waals surface area contributed by atoms with E-state index in [1.165, 1.54) is 4.90 Å². The Bertz CT molecular complexity index is 826. The number of ether oxygens (including phenoxy) is 1. The Morgan fingerprint density at radius 2 is 1.58 bits per heavy atom. The monoisotopic (exact) mass is 426 g/mol. The Hall–Kier alpha value is -3.35. The lowest BCUT2D eigenvalue weighted by atomic mass is 10.1. The molecular weight excluding hydrogens is 396 g/mol. The van der Waals surface area contributed by atoms with Gasteiger partial charge >= 0.3 is 12.1 Å². The Morgan fingerprint density at radius 3 is 2.16 bits per heavy atom. The molecule has 0 spiro atoms. The van der Waals surface area contributed by atoms with Crippen LogP contribution in [0, 0.1) is 0 Å². The number of rotatable bonds is 12. The summed E-state index contributed by atoms with van der Waals surface area (Å²) in [5.41, 5.74) is 1.65. The summed E-state index contributed by atoms with van der Waals surface area (Å²) in [6, 6.07) is 17.3. The summed E-state index contributed by atoms with van der Waals surface area (Å²) in [5.74, 6) is -1.65. The van der Waals surface area contributed by atoms with Crippen molar-refractivity contribution in [3.05, 3.63) is 71.8 Å². The summed E-state index contributed by atoms with van der Waals surface area (Å²) >= 11 is 0. The van der Waals surface area contributed by atoms with E-state index in [-0.39, 0.29) is 19.6 Å². The molecular formula is C24H30N2O5. The third-order valence-electron chi connectivity index (χ3n) is 4.75. The SMILES string of the molecule is CCCCCN(CC(=O)NC(Cc1ccccc1)C(=O)O)C(=O)OCc1ccccc1. The topological polar surface area (TPSA) is 95.9 Å². The fraction of sp³-hybridized carbons (Fsp3) is 0.375. The van der Waals surface area contributed by atoms with Crippen LogP contribution in [-0.4, -0.2) is 47.1 Å². The van der Waals surface area contributed by atoms with Gasteiger partial charge in [-0.25, -0.2) is 9.59 Å². The first-order chi connectivity index (χ1) is 15.0. The Kier molecular flexibility index (Phi) is 10.1. The second kappa shape index (κ2) is 13.1. The number of nitrogens with one attached hydrogen (secondary N) is 1. The van der Waals surface area contributed by atoms with Gasteiger partial charge in [-0.1, -0.05) is 80.4 Å². The second-order valence-electron chi connectivity index (χ2n) is 7.32. The van der Waals surface area contributed by atoms with Crippen LogP contribution in [-0.2, 0) is 27.4 Å². The maximum absolute atomic E-state index is 12.6. The highest BCUT2D eigenvalue weighted by Crippen LogP contribution is 2.07. The predicted octanol–water partition coefficient (Wildman–Crippen LogP) is 3.63. The van der Waals surface area contributed by atoms with Crippen molar-refractivity contribution >= 4 is 18.0 Å². The van der Waals surface area contributed by atoms with Gasteiger partial charge < -0.3 is 15.2 Å². The van der Waals surface area contributed by atoms with E-state index >= 15 is 0 Å². The van der Waals surface area contributed by atoms with Gasteiger partial charge in [0.25, 0.3) is 0 Å². The van der Waals surface area contributed by atoms with Crippen molar-refractivity contribution in [2.75, 3.05) is 13.1 Å². The van der Waals surface area contributed by atoms with E-state index in [9.17, 15) is 19.5 Å². The van der Waals surface area contributed by atoms with Gasteiger partial charge in [0.2, 0.25) is 5.91 Å². The molecule has 166 valence electrons. The van der Waals surface area contributed by atoms with Crippen molar-refractivity contribution in [2.24, 2.45) is 0 Å². The van der Waals surface area contributed by atoms with E-state index in [0.29, 0.717) is 6.54 Å². The molecule has 2 N–H and O–H groups in total. The molecule has 0 fully saturated rings. The highest BCUT2D eigenvalue weighted by atomic mass is 16.6. The lowest BCUT2D eigenvalue weighted by Crippen LogP contribution is -2.48. The summed E-state index contributed by atoms with van der Waals surface area (Å²) in [6.07, 6.45) is 2.19. The maximum atomic E-state index is 12.6. The number of hydrogen-bond acceptors (Lipinski definition) is 4. The van der Waals surface area contributed by atoms with Crippen LogP contribution < -0.4 is 5.32 Å². The lowest BCUT2D eigenvalue weighted by molar-refractivity contribution is -0.141. The van der Waals surface area contributed by atoms with Crippen LogP contribution in [0.5, 0.6) is 0 Å². The van der Waals surface area contributed by atoms with Crippen LogP contribution in [0.1, 0.15) is 37.3 Å². The number of benzene rings is 2. The van der Waals surface area contributed by atoms with E-state index < -0.39 is 24.0 Å². The number of carbonyl (C=O) groups is 3. The quantitative estimate of drug-likeness (QED) is 0.505. The largest absolute Gasteiger partial charge is 0.480 e. The van der Waals surface area contributed by atoms with Crippen molar-refractivity contribution < 1.29 is 24.2 Å². The third-order valence-corrected chi connectivity index (χ3v) is 4.75. The summed E-state index contributed by atoms with van der Waals surface area (Å²) in [6.45, 7) is 2.27. The van der Waals surface area contributed by atoms with Gasteiger partial charge in [-0.2, -0.15) is 0 Å². The van der Waals surface area contributed by atoms with Crippen LogP contribution in [0.4, 0.5) is 4.79 Å². The van der Waals surface area contributed by atoms with Crippen LogP contribution >= 0.6 is 0 Å². The number of unbranched alkanes of at least 4 members (excludes halogenated alkanes) is 2. The van der Waals surface area contributed by atoms with Gasteiger partial charge in [-0.15, -0.1) is 0 Å². The molecule has 2 aromatic rings. The zero-order valence-corrected chi connectivity index (χ0v) is 17.8. The minimum absolute atomic E-state index is 0.108. The van der Waals surface area contributed by atoms with Crippen molar-refractivity contribution in [2.45, 2.75) is 45.3 Å². The first-order valence-electron chi connectivity index (χ1n) is 10.5. The van der Waals surface area contributed by atoms with Gasteiger partial charge in [-0.3, -0.25) is 9.69 Å². The number of carboxylic acid groups (broad SMARTS) is 1. The van der Waals surface area contributed by atoms with Crippen LogP contribution in [0.25, 0.3) is 0 Å². The molecule has 7 nitrogen and oxygen atoms in total. The van der Waals surface area contributed by atoms with Gasteiger partial charge in [0, 0.05) is 13.0 Å². The van der Waals surface area contributed by atoms with Crippen LogP contribution in [0.2, 0.25) is 0 Å². The Balaban J connectivity index is 1.96. The average molecular weight is 427 g/mol. The van der Waals surface area contributed by atoms with Crippen molar-refractivity contribution in [3.8, 4) is 0 Å². The summed E-state index contributed by atoms with van der Waals surface area (Å²) in [5, 5.41) is 12.0. The molecule has 1 atom stereocenters. The smallest absolute Gasteiger partial charge is 0.410 e. The van der Waals surface area contributed by atoms with E-state index in [0.717, 1.165) is 30.4 Å². The van der Waals surface area contributed by atoms with Gasteiger partial charge in [0.15, 0.2) is 0 Å². The molecule has 0 aliphatic rings. The lowest BCUT2D eigenvalue weighted by Gasteiger charge is -2.23. The molecule has 2 rings (SSSR count). The highest BCUT2D eigenvalue weighted by molar-refractivity contribution is 5.86. The van der Waals surface area contributed by atoms with Crippen molar-refractivity contribution in [1.82, 2.24) is 10.2 Å².